The molecule has 1 aliphatic rings. The van der Waals surface area contributed by atoms with Gasteiger partial charge in [0.05, 0.1) is 6.54 Å². The molecule has 1 heterocycles. The second-order valence-electron chi connectivity index (χ2n) is 5.82. The Hall–Kier alpha value is -1.68. The van der Waals surface area contributed by atoms with E-state index in [1.165, 1.54) is 38.2 Å². The van der Waals surface area contributed by atoms with Crippen molar-refractivity contribution in [1.82, 2.24) is 14.9 Å². The zero-order valence-corrected chi connectivity index (χ0v) is 12.3. The molecule has 1 aromatic carbocycles. The molecule has 21 heavy (non-hydrogen) atoms. The van der Waals surface area contributed by atoms with Crippen LogP contribution in [0.4, 0.5) is 4.39 Å². The highest BCUT2D eigenvalue weighted by atomic mass is 19.1. The number of nitrogens with one attached hydrogen (secondary N) is 1. The standard InChI is InChI=1S/C17H22FN3/c18-15-6-4-5-14(11-15)13-21-10-9-19-17(21)12-20-16-7-2-1-3-8-16/h4-6,9-11,16,20H,1-3,7-8,12-13H2. The van der Waals surface area contributed by atoms with Crippen molar-refractivity contribution in [2.75, 3.05) is 0 Å². The van der Waals surface area contributed by atoms with Gasteiger partial charge in [0.1, 0.15) is 11.6 Å². The predicted molar refractivity (Wildman–Crippen MR) is 81.4 cm³/mol. The second-order valence-corrected chi connectivity index (χ2v) is 5.82. The van der Waals surface area contributed by atoms with Gasteiger partial charge in [-0.2, -0.15) is 0 Å². The van der Waals surface area contributed by atoms with E-state index in [1.807, 2.05) is 18.5 Å². The number of rotatable bonds is 5. The van der Waals surface area contributed by atoms with Crippen LogP contribution in [-0.2, 0) is 13.1 Å². The molecule has 0 unspecified atom stereocenters. The molecule has 2 aromatic rings. The number of imidazole rings is 1. The first-order chi connectivity index (χ1) is 10.3. The van der Waals surface area contributed by atoms with Gasteiger partial charge in [0, 0.05) is 25.0 Å². The van der Waals surface area contributed by atoms with Crippen molar-refractivity contribution in [2.45, 2.75) is 51.2 Å². The van der Waals surface area contributed by atoms with Gasteiger partial charge in [-0.3, -0.25) is 0 Å². The zero-order valence-electron chi connectivity index (χ0n) is 12.3. The summed E-state index contributed by atoms with van der Waals surface area (Å²) in [5.41, 5.74) is 0.965. The Morgan fingerprint density at radius 1 is 1.24 bits per heavy atom. The van der Waals surface area contributed by atoms with Crippen LogP contribution in [0, 0.1) is 5.82 Å². The van der Waals surface area contributed by atoms with Crippen LogP contribution in [0.1, 0.15) is 43.5 Å². The van der Waals surface area contributed by atoms with Crippen molar-refractivity contribution in [3.63, 3.8) is 0 Å². The monoisotopic (exact) mass is 287 g/mol. The van der Waals surface area contributed by atoms with Gasteiger partial charge in [-0.05, 0) is 30.5 Å². The quantitative estimate of drug-likeness (QED) is 0.912. The molecule has 0 saturated heterocycles. The van der Waals surface area contributed by atoms with Crippen LogP contribution in [0.25, 0.3) is 0 Å². The number of halogens is 1. The van der Waals surface area contributed by atoms with Crippen molar-refractivity contribution in [3.8, 4) is 0 Å². The van der Waals surface area contributed by atoms with Crippen molar-refractivity contribution >= 4 is 0 Å². The van der Waals surface area contributed by atoms with Crippen LogP contribution in [0.2, 0.25) is 0 Å². The minimum Gasteiger partial charge on any atom is -0.329 e. The third kappa shape index (κ3) is 3.91. The Morgan fingerprint density at radius 3 is 2.90 bits per heavy atom. The van der Waals surface area contributed by atoms with Gasteiger partial charge in [-0.25, -0.2) is 9.37 Å². The van der Waals surface area contributed by atoms with Crippen LogP contribution < -0.4 is 5.32 Å². The highest BCUT2D eigenvalue weighted by Crippen LogP contribution is 2.17. The largest absolute Gasteiger partial charge is 0.329 e. The Labute approximate surface area is 125 Å². The molecule has 4 heteroatoms. The zero-order chi connectivity index (χ0) is 14.5. The molecule has 1 N–H and O–H groups in total. The minimum absolute atomic E-state index is 0.186. The topological polar surface area (TPSA) is 29.9 Å². The molecule has 112 valence electrons. The fourth-order valence-electron chi connectivity index (χ4n) is 3.03. The smallest absolute Gasteiger partial charge is 0.123 e. The summed E-state index contributed by atoms with van der Waals surface area (Å²) < 4.78 is 15.3. The molecule has 0 bridgehead atoms. The summed E-state index contributed by atoms with van der Waals surface area (Å²) >= 11 is 0. The highest BCUT2D eigenvalue weighted by Gasteiger charge is 2.13. The van der Waals surface area contributed by atoms with Gasteiger partial charge in [0.2, 0.25) is 0 Å². The lowest BCUT2D eigenvalue weighted by molar-refractivity contribution is 0.367. The lowest BCUT2D eigenvalue weighted by Gasteiger charge is -2.22. The molecule has 3 nitrogen and oxygen atoms in total. The lowest BCUT2D eigenvalue weighted by atomic mass is 9.95. The van der Waals surface area contributed by atoms with E-state index in [-0.39, 0.29) is 5.82 Å². The summed E-state index contributed by atoms with van der Waals surface area (Å²) in [6.07, 6.45) is 10.3. The molecular weight excluding hydrogens is 265 g/mol. The second kappa shape index (κ2) is 6.85. The summed E-state index contributed by atoms with van der Waals surface area (Å²) in [4.78, 5) is 4.43. The Balaban J connectivity index is 1.60. The van der Waals surface area contributed by atoms with Gasteiger partial charge >= 0.3 is 0 Å². The Kier molecular flexibility index (Phi) is 4.65. The average Bonchev–Trinajstić information content (AvgIpc) is 2.93. The maximum atomic E-state index is 13.3. The number of aromatic nitrogens is 2. The first-order valence-corrected chi connectivity index (χ1v) is 7.79. The molecular formula is C17H22FN3. The van der Waals surface area contributed by atoms with E-state index in [0.29, 0.717) is 12.6 Å². The van der Waals surface area contributed by atoms with Crippen LogP contribution >= 0.6 is 0 Å². The Bertz CT molecular complexity index is 573. The van der Waals surface area contributed by atoms with Crippen molar-refractivity contribution in [2.24, 2.45) is 0 Å². The summed E-state index contributed by atoms with van der Waals surface area (Å²) in [6, 6.07) is 7.38. The van der Waals surface area contributed by atoms with E-state index < -0.39 is 0 Å². The molecule has 0 radical (unpaired) electrons. The number of hydrogen-bond donors (Lipinski definition) is 1. The molecule has 0 atom stereocenters. The van der Waals surface area contributed by atoms with Gasteiger partial charge < -0.3 is 9.88 Å². The van der Waals surface area contributed by atoms with Crippen molar-refractivity contribution in [1.29, 1.82) is 0 Å². The number of benzene rings is 1. The van der Waals surface area contributed by atoms with E-state index in [9.17, 15) is 4.39 Å². The van der Waals surface area contributed by atoms with Crippen LogP contribution in [0.3, 0.4) is 0 Å². The van der Waals surface area contributed by atoms with Crippen LogP contribution in [0.5, 0.6) is 0 Å². The molecule has 1 saturated carbocycles. The maximum absolute atomic E-state index is 13.3. The van der Waals surface area contributed by atoms with Gasteiger partial charge in [0.25, 0.3) is 0 Å². The first-order valence-electron chi connectivity index (χ1n) is 7.79. The molecule has 0 spiro atoms. The molecule has 0 aliphatic heterocycles. The fourth-order valence-corrected chi connectivity index (χ4v) is 3.03. The van der Waals surface area contributed by atoms with E-state index in [2.05, 4.69) is 14.9 Å². The van der Waals surface area contributed by atoms with Gasteiger partial charge in [-0.1, -0.05) is 31.4 Å². The third-order valence-corrected chi connectivity index (χ3v) is 4.20. The van der Waals surface area contributed by atoms with E-state index in [1.54, 1.807) is 12.1 Å². The van der Waals surface area contributed by atoms with E-state index in [0.717, 1.165) is 17.9 Å². The van der Waals surface area contributed by atoms with E-state index >= 15 is 0 Å². The predicted octanol–water partition coefficient (Wildman–Crippen LogP) is 3.49. The summed E-state index contributed by atoms with van der Waals surface area (Å²) in [7, 11) is 0. The summed E-state index contributed by atoms with van der Waals surface area (Å²) in [5.74, 6) is 0.833. The number of hydrogen-bond acceptors (Lipinski definition) is 2. The molecule has 0 amide bonds. The lowest BCUT2D eigenvalue weighted by Crippen LogP contribution is -2.31. The summed E-state index contributed by atoms with van der Waals surface area (Å²) in [6.45, 7) is 1.45. The summed E-state index contributed by atoms with van der Waals surface area (Å²) in [5, 5.41) is 3.60. The first kappa shape index (κ1) is 14.3. The molecule has 3 rings (SSSR count). The van der Waals surface area contributed by atoms with Gasteiger partial charge in [-0.15, -0.1) is 0 Å². The molecule has 1 aromatic heterocycles. The average molecular weight is 287 g/mol. The van der Waals surface area contributed by atoms with E-state index in [4.69, 9.17) is 0 Å². The molecule has 1 fully saturated rings. The van der Waals surface area contributed by atoms with Crippen LogP contribution in [0.15, 0.2) is 36.7 Å². The fraction of sp³-hybridized carbons (Fsp3) is 0.471. The maximum Gasteiger partial charge on any atom is 0.123 e. The normalized spacial score (nSPS) is 16.2. The highest BCUT2D eigenvalue weighted by molar-refractivity contribution is 5.17. The van der Waals surface area contributed by atoms with Crippen molar-refractivity contribution < 1.29 is 4.39 Å². The van der Waals surface area contributed by atoms with Crippen LogP contribution in [-0.4, -0.2) is 15.6 Å². The SMILES string of the molecule is Fc1cccc(Cn2ccnc2CNC2CCCCC2)c1. The minimum atomic E-state index is -0.186. The van der Waals surface area contributed by atoms with Gasteiger partial charge in [0.15, 0.2) is 0 Å². The van der Waals surface area contributed by atoms with Crippen molar-refractivity contribution in [3.05, 3.63) is 53.9 Å². The Morgan fingerprint density at radius 2 is 2.10 bits per heavy atom. The third-order valence-electron chi connectivity index (χ3n) is 4.20. The number of nitrogens with zero attached hydrogens (tertiary/aromatic N) is 2. The molecule has 1 aliphatic carbocycles.